The van der Waals surface area contributed by atoms with Crippen molar-refractivity contribution in [3.05, 3.63) is 50.7 Å². The van der Waals surface area contributed by atoms with E-state index in [1.807, 2.05) is 11.4 Å². The molecule has 2 aliphatic rings. The Labute approximate surface area is 208 Å². The normalized spacial score (nSPS) is 18.3. The fraction of sp³-hybridized carbons (Fsp3) is 0.478. The average Bonchev–Trinajstić information content (AvgIpc) is 2.74. The number of hydrogen-bond donors (Lipinski definition) is 2. The molecule has 0 spiro atoms. The maximum atomic E-state index is 13.0. The topological polar surface area (TPSA) is 72.5 Å². The molecule has 1 amide bonds. The van der Waals surface area contributed by atoms with Gasteiger partial charge in [0.15, 0.2) is 5.75 Å². The maximum Gasteiger partial charge on any atom is 0.471 e. The number of aromatic nitrogens is 1. The molecule has 6 nitrogen and oxygen atoms in total. The van der Waals surface area contributed by atoms with Gasteiger partial charge in [-0.15, -0.1) is 0 Å². The van der Waals surface area contributed by atoms with E-state index < -0.39 is 18.2 Å². The fourth-order valence-electron chi connectivity index (χ4n) is 4.24. The molecular weight excluding hydrogens is 539 g/mol. The van der Waals surface area contributed by atoms with E-state index in [1.165, 1.54) is 6.07 Å². The summed E-state index contributed by atoms with van der Waals surface area (Å²) in [6.07, 6.45) is -2.41. The number of nitrogens with zero attached hydrogens (tertiary/aromatic N) is 1. The molecule has 2 saturated heterocycles. The molecule has 0 aliphatic carbocycles. The SMILES string of the molecule is CC(Oc1c(Br)cc(C2CNC2)cc1NC(=O)C(F)(F)F)c1c(C2CCOCC2)ccnc1Cl. The van der Waals surface area contributed by atoms with E-state index in [0.29, 0.717) is 36.3 Å². The van der Waals surface area contributed by atoms with Crippen LogP contribution in [0.2, 0.25) is 5.15 Å². The van der Waals surface area contributed by atoms with Crippen molar-refractivity contribution in [3.8, 4) is 5.75 Å². The van der Waals surface area contributed by atoms with Crippen LogP contribution in [0.15, 0.2) is 28.9 Å². The van der Waals surface area contributed by atoms with E-state index in [2.05, 4.69) is 26.2 Å². The van der Waals surface area contributed by atoms with Crippen LogP contribution in [0, 0.1) is 0 Å². The van der Waals surface area contributed by atoms with Gasteiger partial charge in [-0.05, 0) is 70.9 Å². The smallest absolute Gasteiger partial charge is 0.471 e. The van der Waals surface area contributed by atoms with Gasteiger partial charge in [-0.25, -0.2) is 4.98 Å². The minimum Gasteiger partial charge on any atom is -0.483 e. The third-order valence-corrected chi connectivity index (χ3v) is 7.05. The van der Waals surface area contributed by atoms with Crippen LogP contribution in [0.5, 0.6) is 5.75 Å². The standard InChI is InChI=1S/C23H24BrClF3N3O3/c1-12(19-16(2-5-30-21(19)25)13-3-6-33-7-4-13)34-20-17(24)8-14(15-10-29-11-15)9-18(20)31-22(32)23(26,27)28/h2,5,8-9,12-13,15,29H,3-4,6-7,10-11H2,1H3,(H,31,32). The number of benzene rings is 1. The van der Waals surface area contributed by atoms with Crippen LogP contribution in [0.3, 0.4) is 0 Å². The van der Waals surface area contributed by atoms with Crippen molar-refractivity contribution in [2.24, 2.45) is 0 Å². The largest absolute Gasteiger partial charge is 0.483 e. The van der Waals surface area contributed by atoms with Gasteiger partial charge in [0.2, 0.25) is 0 Å². The van der Waals surface area contributed by atoms with E-state index in [1.54, 1.807) is 19.2 Å². The van der Waals surface area contributed by atoms with Crippen LogP contribution in [0.1, 0.15) is 54.4 Å². The van der Waals surface area contributed by atoms with E-state index in [0.717, 1.165) is 24.0 Å². The number of carbonyl (C=O) groups is 1. The molecule has 34 heavy (non-hydrogen) atoms. The first-order valence-electron chi connectivity index (χ1n) is 11.0. The molecule has 0 bridgehead atoms. The number of rotatable bonds is 6. The van der Waals surface area contributed by atoms with Crippen LogP contribution in [-0.4, -0.2) is 43.4 Å². The number of anilines is 1. The number of nitrogens with one attached hydrogen (secondary N) is 2. The number of hydrogen-bond acceptors (Lipinski definition) is 5. The minimum atomic E-state index is -5.04. The second-order valence-corrected chi connectivity index (χ2v) is 9.65. The molecule has 11 heteroatoms. The Balaban J connectivity index is 1.68. The Morgan fingerprint density at radius 1 is 1.29 bits per heavy atom. The summed E-state index contributed by atoms with van der Waals surface area (Å²) in [5, 5.41) is 5.38. The molecule has 1 atom stereocenters. The van der Waals surface area contributed by atoms with Gasteiger partial charge in [0, 0.05) is 44.0 Å². The number of halogens is 5. The third kappa shape index (κ3) is 5.50. The second kappa shape index (κ2) is 10.4. The molecular formula is C23H24BrClF3N3O3. The van der Waals surface area contributed by atoms with Crippen LogP contribution in [-0.2, 0) is 9.53 Å². The first kappa shape index (κ1) is 25.2. The third-order valence-electron chi connectivity index (χ3n) is 6.16. The van der Waals surface area contributed by atoms with E-state index >= 15 is 0 Å². The van der Waals surface area contributed by atoms with Crippen molar-refractivity contribution >= 4 is 39.1 Å². The van der Waals surface area contributed by atoms with E-state index in [9.17, 15) is 18.0 Å². The van der Waals surface area contributed by atoms with Crippen molar-refractivity contribution in [1.29, 1.82) is 0 Å². The molecule has 1 aromatic heterocycles. The van der Waals surface area contributed by atoms with E-state index in [4.69, 9.17) is 21.1 Å². The lowest BCUT2D eigenvalue weighted by Gasteiger charge is -2.30. The van der Waals surface area contributed by atoms with Crippen molar-refractivity contribution in [2.45, 2.75) is 43.9 Å². The molecule has 2 aromatic rings. The Bertz CT molecular complexity index is 1060. The van der Waals surface area contributed by atoms with Gasteiger partial charge in [-0.3, -0.25) is 4.79 Å². The number of ether oxygens (including phenoxy) is 2. The molecule has 3 heterocycles. The number of pyridine rings is 1. The summed E-state index contributed by atoms with van der Waals surface area (Å²) in [6, 6.07) is 5.23. The van der Waals surface area contributed by atoms with Crippen LogP contribution in [0.25, 0.3) is 0 Å². The van der Waals surface area contributed by atoms with Crippen molar-refractivity contribution < 1.29 is 27.4 Å². The Kier molecular flexibility index (Phi) is 7.71. The molecule has 2 fully saturated rings. The molecule has 1 aromatic carbocycles. The summed E-state index contributed by atoms with van der Waals surface area (Å²) in [6.45, 7) is 4.44. The predicted molar refractivity (Wildman–Crippen MR) is 126 cm³/mol. The summed E-state index contributed by atoms with van der Waals surface area (Å²) < 4.78 is 51.2. The molecule has 2 aliphatic heterocycles. The summed E-state index contributed by atoms with van der Waals surface area (Å²) in [5.74, 6) is -1.63. The predicted octanol–water partition coefficient (Wildman–Crippen LogP) is 5.72. The minimum absolute atomic E-state index is 0.0573. The lowest BCUT2D eigenvalue weighted by Crippen LogP contribution is -2.40. The van der Waals surface area contributed by atoms with Gasteiger partial charge in [0.05, 0.1) is 10.2 Å². The average molecular weight is 563 g/mol. The monoisotopic (exact) mass is 561 g/mol. The number of amides is 1. The van der Waals surface area contributed by atoms with Crippen molar-refractivity contribution in [3.63, 3.8) is 0 Å². The second-order valence-electron chi connectivity index (χ2n) is 8.44. The van der Waals surface area contributed by atoms with Gasteiger partial charge >= 0.3 is 12.1 Å². The molecule has 4 rings (SSSR count). The van der Waals surface area contributed by atoms with E-state index in [-0.39, 0.29) is 28.4 Å². The maximum absolute atomic E-state index is 13.0. The first-order chi connectivity index (χ1) is 16.1. The summed E-state index contributed by atoms with van der Waals surface area (Å²) >= 11 is 9.90. The highest BCUT2D eigenvalue weighted by atomic mass is 79.9. The molecule has 184 valence electrons. The first-order valence-corrected chi connectivity index (χ1v) is 12.1. The Morgan fingerprint density at radius 3 is 2.62 bits per heavy atom. The lowest BCUT2D eigenvalue weighted by molar-refractivity contribution is -0.167. The zero-order chi connectivity index (χ0) is 24.5. The van der Waals surface area contributed by atoms with Crippen molar-refractivity contribution in [2.75, 3.05) is 31.6 Å². The van der Waals surface area contributed by atoms with Gasteiger partial charge < -0.3 is 20.1 Å². The quantitative estimate of drug-likeness (QED) is 0.441. The Hall–Kier alpha value is -1.88. The highest BCUT2D eigenvalue weighted by Crippen LogP contribution is 2.43. The summed E-state index contributed by atoms with van der Waals surface area (Å²) in [4.78, 5) is 16.0. The summed E-state index contributed by atoms with van der Waals surface area (Å²) in [5.41, 5.74) is 2.39. The fourth-order valence-corrected chi connectivity index (χ4v) is 5.13. The summed E-state index contributed by atoms with van der Waals surface area (Å²) in [7, 11) is 0. The molecule has 2 N–H and O–H groups in total. The zero-order valence-electron chi connectivity index (χ0n) is 18.3. The molecule has 0 radical (unpaired) electrons. The zero-order valence-corrected chi connectivity index (χ0v) is 20.7. The van der Waals surface area contributed by atoms with Gasteiger partial charge in [-0.1, -0.05) is 11.6 Å². The highest BCUT2D eigenvalue weighted by Gasteiger charge is 2.39. The van der Waals surface area contributed by atoms with Gasteiger partial charge in [0.25, 0.3) is 0 Å². The van der Waals surface area contributed by atoms with Crippen molar-refractivity contribution in [1.82, 2.24) is 10.3 Å². The highest BCUT2D eigenvalue weighted by molar-refractivity contribution is 9.10. The van der Waals surface area contributed by atoms with Crippen LogP contribution >= 0.6 is 27.5 Å². The van der Waals surface area contributed by atoms with Gasteiger partial charge in [-0.2, -0.15) is 13.2 Å². The number of carbonyl (C=O) groups excluding carboxylic acids is 1. The van der Waals surface area contributed by atoms with Crippen LogP contribution in [0.4, 0.5) is 18.9 Å². The Morgan fingerprint density at radius 2 is 2.00 bits per heavy atom. The van der Waals surface area contributed by atoms with Crippen LogP contribution < -0.4 is 15.4 Å². The molecule has 1 unspecified atom stereocenters. The van der Waals surface area contributed by atoms with Gasteiger partial charge in [0.1, 0.15) is 11.3 Å². The number of alkyl halides is 3. The lowest BCUT2D eigenvalue weighted by atomic mass is 9.88. The molecule has 0 saturated carbocycles.